The first-order chi connectivity index (χ1) is 12.2. The molecule has 0 saturated carbocycles. The van der Waals surface area contributed by atoms with Crippen molar-refractivity contribution < 1.29 is 9.47 Å². The van der Waals surface area contributed by atoms with Crippen LogP contribution in [0.1, 0.15) is 11.9 Å². The van der Waals surface area contributed by atoms with E-state index in [1.54, 1.807) is 11.8 Å². The van der Waals surface area contributed by atoms with Crippen molar-refractivity contribution in [2.24, 2.45) is 5.41 Å². The highest BCUT2D eigenvalue weighted by Crippen LogP contribution is 2.48. The van der Waals surface area contributed by atoms with Crippen LogP contribution in [0.5, 0.6) is 0 Å². The number of hydrogen-bond acceptors (Lipinski definition) is 4. The highest BCUT2D eigenvalue weighted by molar-refractivity contribution is 9.09. The van der Waals surface area contributed by atoms with Crippen molar-refractivity contribution in [3.63, 3.8) is 0 Å². The zero-order valence-corrected chi connectivity index (χ0v) is 17.9. The Morgan fingerprint density at radius 3 is 2.44 bits per heavy atom. The van der Waals surface area contributed by atoms with E-state index < -0.39 is 0 Å². The van der Waals surface area contributed by atoms with Gasteiger partial charge in [-0.25, -0.2) is 0 Å². The number of benzene rings is 2. The summed E-state index contributed by atoms with van der Waals surface area (Å²) >= 11 is 8.96. The molecule has 0 bridgehead atoms. The van der Waals surface area contributed by atoms with E-state index in [1.165, 1.54) is 21.2 Å². The van der Waals surface area contributed by atoms with Crippen LogP contribution in [0.3, 0.4) is 0 Å². The fourth-order valence-corrected chi connectivity index (χ4v) is 5.86. The number of halogens is 2. The van der Waals surface area contributed by atoms with Gasteiger partial charge in [0.15, 0.2) is 6.29 Å². The summed E-state index contributed by atoms with van der Waals surface area (Å²) in [4.78, 5) is 4.76. The van der Waals surface area contributed by atoms with Crippen molar-refractivity contribution >= 4 is 55.0 Å². The predicted molar refractivity (Wildman–Crippen MR) is 110 cm³/mol. The van der Waals surface area contributed by atoms with Gasteiger partial charge in [0.25, 0.3) is 0 Å². The molecule has 2 heterocycles. The van der Waals surface area contributed by atoms with Crippen LogP contribution < -0.4 is 4.90 Å². The lowest BCUT2D eigenvalue weighted by Crippen LogP contribution is -2.41. The summed E-state index contributed by atoms with van der Waals surface area (Å²) in [6.45, 7) is 1.36. The molecule has 25 heavy (non-hydrogen) atoms. The largest absolute Gasteiger partial charge is 0.348 e. The molecule has 2 aromatic carbocycles. The van der Waals surface area contributed by atoms with E-state index in [1.807, 2.05) is 0 Å². The molecule has 0 amide bonds. The number of fused-ring (bicyclic) bond motifs is 2. The zero-order valence-electron chi connectivity index (χ0n) is 13.9. The Balaban J connectivity index is 1.57. The molecule has 2 aliphatic rings. The highest BCUT2D eigenvalue weighted by atomic mass is 79.9. The van der Waals surface area contributed by atoms with Crippen LogP contribution in [0.25, 0.3) is 0 Å². The van der Waals surface area contributed by atoms with Crippen molar-refractivity contribution in [2.75, 3.05) is 35.8 Å². The van der Waals surface area contributed by atoms with Crippen LogP contribution in [0.15, 0.2) is 52.3 Å². The fraction of sp³-hybridized carbons (Fsp3) is 0.368. The lowest BCUT2D eigenvalue weighted by molar-refractivity contribution is -0.223. The second-order valence-electron chi connectivity index (χ2n) is 6.58. The van der Waals surface area contributed by atoms with Gasteiger partial charge in [-0.1, -0.05) is 61.8 Å². The molecule has 2 aromatic rings. The van der Waals surface area contributed by atoms with Gasteiger partial charge in [0, 0.05) is 38.5 Å². The Bertz CT molecular complexity index is 772. The molecule has 132 valence electrons. The van der Waals surface area contributed by atoms with Gasteiger partial charge in [-0.2, -0.15) is 0 Å². The molecular formula is C19H19Br2NO2S. The maximum Gasteiger partial charge on any atom is 0.183 e. The van der Waals surface area contributed by atoms with Gasteiger partial charge < -0.3 is 14.4 Å². The topological polar surface area (TPSA) is 21.7 Å². The fourth-order valence-electron chi connectivity index (χ4n) is 3.08. The van der Waals surface area contributed by atoms with E-state index in [9.17, 15) is 0 Å². The minimum Gasteiger partial charge on any atom is -0.348 e. The number of para-hydroxylation sites is 1. The number of ether oxygens (including phenoxy) is 2. The van der Waals surface area contributed by atoms with E-state index in [-0.39, 0.29) is 11.7 Å². The Hall–Kier alpha value is -0.530. The summed E-state index contributed by atoms with van der Waals surface area (Å²) in [7, 11) is 2.12. The van der Waals surface area contributed by atoms with E-state index in [0.717, 1.165) is 16.2 Å². The highest BCUT2D eigenvalue weighted by Gasteiger charge is 2.36. The third-order valence-corrected chi connectivity index (χ3v) is 8.20. The third kappa shape index (κ3) is 3.28. The number of rotatable bonds is 3. The molecule has 3 nitrogen and oxygen atoms in total. The maximum atomic E-state index is 6.04. The second kappa shape index (κ2) is 7.24. The lowest BCUT2D eigenvalue weighted by atomic mass is 9.95. The molecule has 0 aromatic heterocycles. The average Bonchev–Trinajstić information content (AvgIpc) is 2.68. The van der Waals surface area contributed by atoms with Crippen LogP contribution in [-0.4, -0.2) is 30.9 Å². The van der Waals surface area contributed by atoms with Crippen molar-refractivity contribution in [1.82, 2.24) is 0 Å². The van der Waals surface area contributed by atoms with Crippen LogP contribution in [0, 0.1) is 5.41 Å². The maximum absolute atomic E-state index is 6.04. The Morgan fingerprint density at radius 2 is 1.72 bits per heavy atom. The number of hydrogen-bond donors (Lipinski definition) is 0. The van der Waals surface area contributed by atoms with Crippen molar-refractivity contribution in [3.05, 3.63) is 48.0 Å². The number of anilines is 2. The quantitative estimate of drug-likeness (QED) is 0.517. The van der Waals surface area contributed by atoms with Gasteiger partial charge in [0.1, 0.15) is 0 Å². The average molecular weight is 485 g/mol. The third-order valence-electron chi connectivity index (χ3n) is 4.71. The van der Waals surface area contributed by atoms with Gasteiger partial charge in [-0.15, -0.1) is 0 Å². The summed E-state index contributed by atoms with van der Waals surface area (Å²) < 4.78 is 12.1. The van der Waals surface area contributed by atoms with Gasteiger partial charge >= 0.3 is 0 Å². The minimum atomic E-state index is -0.292. The number of alkyl halides is 2. The summed E-state index contributed by atoms with van der Waals surface area (Å²) in [5.41, 5.74) is 3.56. The molecule has 0 unspecified atom stereocenters. The van der Waals surface area contributed by atoms with Crippen molar-refractivity contribution in [3.8, 4) is 0 Å². The molecule has 6 heteroatoms. The van der Waals surface area contributed by atoms with Gasteiger partial charge in [-0.3, -0.25) is 0 Å². The first kappa shape index (κ1) is 17.9. The zero-order chi connectivity index (χ0) is 17.4. The van der Waals surface area contributed by atoms with Gasteiger partial charge in [0.05, 0.1) is 24.6 Å². The summed E-state index contributed by atoms with van der Waals surface area (Å²) in [5.74, 6) is 0. The molecule has 4 rings (SSSR count). The molecule has 0 radical (unpaired) electrons. The normalized spacial score (nSPS) is 19.4. The first-order valence-corrected chi connectivity index (χ1v) is 11.2. The van der Waals surface area contributed by atoms with Crippen LogP contribution >= 0.6 is 43.6 Å². The predicted octanol–water partition coefficient (Wildman–Crippen LogP) is 5.74. The summed E-state index contributed by atoms with van der Waals surface area (Å²) in [6, 6.07) is 15.0. The molecule has 0 atom stereocenters. The van der Waals surface area contributed by atoms with E-state index in [0.29, 0.717) is 13.2 Å². The second-order valence-corrected chi connectivity index (χ2v) is 8.78. The van der Waals surface area contributed by atoms with Crippen LogP contribution in [-0.2, 0) is 9.47 Å². The molecule has 0 N–H and O–H groups in total. The van der Waals surface area contributed by atoms with Crippen molar-refractivity contribution in [1.29, 1.82) is 0 Å². The molecule has 2 aliphatic heterocycles. The molecule has 1 saturated heterocycles. The summed E-state index contributed by atoms with van der Waals surface area (Å²) in [5, 5.41) is 1.72. The Kier molecular flexibility index (Phi) is 5.17. The van der Waals surface area contributed by atoms with E-state index in [2.05, 4.69) is 86.3 Å². The first-order valence-electron chi connectivity index (χ1n) is 8.15. The van der Waals surface area contributed by atoms with Crippen molar-refractivity contribution in [2.45, 2.75) is 16.1 Å². The smallest absolute Gasteiger partial charge is 0.183 e. The molecule has 0 aliphatic carbocycles. The SMILES string of the molecule is CN1c2ccccc2Sc2cc(C3OCC(CBr)(CBr)CO3)ccc21. The monoisotopic (exact) mass is 483 g/mol. The van der Waals surface area contributed by atoms with E-state index >= 15 is 0 Å². The molecule has 1 fully saturated rings. The van der Waals surface area contributed by atoms with Crippen LogP contribution in [0.2, 0.25) is 0 Å². The Morgan fingerprint density at radius 1 is 1.04 bits per heavy atom. The molecular weight excluding hydrogens is 466 g/mol. The number of nitrogens with zero attached hydrogens (tertiary/aromatic N) is 1. The Labute approximate surface area is 169 Å². The van der Waals surface area contributed by atoms with Gasteiger partial charge in [-0.05, 0) is 24.3 Å². The van der Waals surface area contributed by atoms with Crippen LogP contribution in [0.4, 0.5) is 11.4 Å². The summed E-state index contributed by atoms with van der Waals surface area (Å²) in [6.07, 6.45) is -0.292. The molecule has 0 spiro atoms. The minimum absolute atomic E-state index is 0.0125. The lowest BCUT2D eigenvalue weighted by Gasteiger charge is -2.38. The standard InChI is InChI=1S/C19H19Br2NO2S/c1-22-14-4-2-3-5-16(14)25-17-8-13(6-7-15(17)22)18-23-11-19(9-20,10-21)12-24-18/h2-8,18H,9-12H2,1H3. The van der Waals surface area contributed by atoms with Gasteiger partial charge in [0.2, 0.25) is 0 Å². The van der Waals surface area contributed by atoms with E-state index in [4.69, 9.17) is 9.47 Å².